The molecule has 1 heterocycles. The number of hydrogen-bond donors (Lipinski definition) is 3. The van der Waals surface area contributed by atoms with Gasteiger partial charge in [-0.1, -0.05) is 24.3 Å². The predicted octanol–water partition coefficient (Wildman–Crippen LogP) is 2.56. The third kappa shape index (κ3) is 1.98. The molecule has 3 N–H and O–H groups in total. The van der Waals surface area contributed by atoms with Crippen LogP contribution in [0.5, 0.6) is 11.5 Å². The maximum Gasteiger partial charge on any atom is 0.318 e. The van der Waals surface area contributed by atoms with Crippen LogP contribution < -0.4 is 5.32 Å². The highest BCUT2D eigenvalue weighted by Crippen LogP contribution is 2.49. The van der Waals surface area contributed by atoms with Gasteiger partial charge in [0.1, 0.15) is 0 Å². The van der Waals surface area contributed by atoms with Gasteiger partial charge in [-0.3, -0.25) is 10.1 Å². The summed E-state index contributed by atoms with van der Waals surface area (Å²) >= 11 is 0. The number of hydrogen-bond acceptors (Lipinski definition) is 5. The van der Waals surface area contributed by atoms with E-state index in [1.54, 1.807) is 0 Å². The van der Waals surface area contributed by atoms with Crippen molar-refractivity contribution in [3.8, 4) is 11.5 Å². The second kappa shape index (κ2) is 4.96. The molecule has 0 radical (unpaired) electrons. The minimum atomic E-state index is -0.635. The monoisotopic (exact) mass is 312 g/mol. The Bertz CT molecular complexity index is 818. The summed E-state index contributed by atoms with van der Waals surface area (Å²) in [7, 11) is 0. The largest absolute Gasteiger partial charge is 0.504 e. The highest BCUT2D eigenvalue weighted by Gasteiger charge is 2.39. The molecule has 1 aliphatic heterocycles. The summed E-state index contributed by atoms with van der Waals surface area (Å²) in [6.45, 7) is 0.777. The first kappa shape index (κ1) is 14.0. The van der Waals surface area contributed by atoms with Gasteiger partial charge in [-0.15, -0.1) is 0 Å². The molecular formula is C17H16N2O4. The van der Waals surface area contributed by atoms with E-state index in [0.29, 0.717) is 12.0 Å². The van der Waals surface area contributed by atoms with E-state index in [0.717, 1.165) is 29.7 Å². The SMILES string of the molecule is O=[N+]([O-])c1c(O)c(O)cc2c1CC[C@@H]1NCc3ccccc3C21. The topological polar surface area (TPSA) is 95.6 Å². The molecule has 6 heteroatoms. The molecule has 2 atom stereocenters. The number of rotatable bonds is 1. The zero-order valence-electron chi connectivity index (χ0n) is 12.3. The fourth-order valence-electron chi connectivity index (χ4n) is 3.97. The zero-order valence-corrected chi connectivity index (χ0v) is 12.3. The Balaban J connectivity index is 1.98. The van der Waals surface area contributed by atoms with Crippen molar-refractivity contribution >= 4 is 5.69 Å². The number of phenolic OH excluding ortho intramolecular Hbond substituents is 2. The van der Waals surface area contributed by atoms with E-state index < -0.39 is 16.4 Å². The molecule has 0 fully saturated rings. The Morgan fingerprint density at radius 1 is 1.22 bits per heavy atom. The van der Waals surface area contributed by atoms with Gasteiger partial charge in [-0.05, 0) is 35.6 Å². The van der Waals surface area contributed by atoms with E-state index in [-0.39, 0.29) is 17.6 Å². The number of aromatic hydroxyl groups is 2. The summed E-state index contributed by atoms with van der Waals surface area (Å²) in [5, 5.41) is 34.7. The molecule has 4 rings (SSSR count). The fraction of sp³-hybridized carbons (Fsp3) is 0.294. The molecule has 2 aromatic carbocycles. The van der Waals surface area contributed by atoms with Crippen LogP contribution in [0.3, 0.4) is 0 Å². The molecule has 0 spiro atoms. The Kier molecular flexibility index (Phi) is 3.02. The van der Waals surface area contributed by atoms with Crippen LogP contribution in [0.4, 0.5) is 5.69 Å². The normalized spacial score (nSPS) is 21.9. The first-order valence-corrected chi connectivity index (χ1v) is 7.61. The third-order valence-electron chi connectivity index (χ3n) is 4.96. The Morgan fingerprint density at radius 3 is 2.78 bits per heavy atom. The summed E-state index contributed by atoms with van der Waals surface area (Å²) in [5.74, 6) is -1.11. The van der Waals surface area contributed by atoms with Gasteiger partial charge in [-0.25, -0.2) is 0 Å². The van der Waals surface area contributed by atoms with E-state index >= 15 is 0 Å². The molecule has 0 bridgehead atoms. The molecule has 2 aliphatic rings. The van der Waals surface area contributed by atoms with Crippen molar-refractivity contribution in [1.82, 2.24) is 5.32 Å². The summed E-state index contributed by atoms with van der Waals surface area (Å²) in [6.07, 6.45) is 1.27. The number of nitro groups is 1. The standard InChI is InChI=1S/C17H16N2O4/c20-14-7-12-11(16(17(14)21)19(22)23)5-6-13-15(12)10-4-2-1-3-9(10)8-18-13/h1-4,7,13,15,18,20-21H,5-6,8H2/t13-,15?/m0/s1. The lowest BCUT2D eigenvalue weighted by Gasteiger charge is -2.39. The molecule has 1 aliphatic carbocycles. The average molecular weight is 312 g/mol. The predicted molar refractivity (Wildman–Crippen MR) is 83.7 cm³/mol. The lowest BCUT2D eigenvalue weighted by Crippen LogP contribution is -2.42. The smallest absolute Gasteiger partial charge is 0.318 e. The molecule has 6 nitrogen and oxygen atoms in total. The lowest BCUT2D eigenvalue weighted by atomic mass is 9.72. The van der Waals surface area contributed by atoms with E-state index in [1.165, 1.54) is 6.07 Å². The Morgan fingerprint density at radius 2 is 2.00 bits per heavy atom. The zero-order chi connectivity index (χ0) is 16.1. The molecule has 118 valence electrons. The van der Waals surface area contributed by atoms with Crippen molar-refractivity contribution in [1.29, 1.82) is 0 Å². The van der Waals surface area contributed by atoms with Crippen LogP contribution in [0.1, 0.15) is 34.6 Å². The number of nitro benzene ring substituents is 1. The van der Waals surface area contributed by atoms with Crippen molar-refractivity contribution in [2.75, 3.05) is 0 Å². The van der Waals surface area contributed by atoms with E-state index in [2.05, 4.69) is 5.32 Å². The molecule has 23 heavy (non-hydrogen) atoms. The number of fused-ring (bicyclic) bond motifs is 5. The highest BCUT2D eigenvalue weighted by atomic mass is 16.6. The van der Waals surface area contributed by atoms with Gasteiger partial charge < -0.3 is 15.5 Å². The quantitative estimate of drug-likeness (QED) is 0.427. The van der Waals surface area contributed by atoms with Gasteiger partial charge in [0.2, 0.25) is 5.75 Å². The van der Waals surface area contributed by atoms with Gasteiger partial charge in [0.05, 0.1) is 4.92 Å². The molecular weight excluding hydrogens is 296 g/mol. The number of nitrogens with one attached hydrogen (secondary N) is 1. The first-order valence-electron chi connectivity index (χ1n) is 7.61. The van der Waals surface area contributed by atoms with Crippen molar-refractivity contribution in [3.05, 3.63) is 62.7 Å². The van der Waals surface area contributed by atoms with Gasteiger partial charge in [0.15, 0.2) is 5.75 Å². The van der Waals surface area contributed by atoms with Crippen LogP contribution in [-0.2, 0) is 13.0 Å². The van der Waals surface area contributed by atoms with Crippen molar-refractivity contribution < 1.29 is 15.1 Å². The van der Waals surface area contributed by atoms with Crippen LogP contribution in [0.15, 0.2) is 30.3 Å². The number of nitrogens with zero attached hydrogens (tertiary/aromatic N) is 1. The molecule has 0 saturated carbocycles. The summed E-state index contributed by atoms with van der Waals surface area (Å²) in [5.41, 5.74) is 3.21. The average Bonchev–Trinajstić information content (AvgIpc) is 2.55. The van der Waals surface area contributed by atoms with Gasteiger partial charge in [-0.2, -0.15) is 0 Å². The lowest BCUT2D eigenvalue weighted by molar-refractivity contribution is -0.386. The third-order valence-corrected chi connectivity index (χ3v) is 4.96. The van der Waals surface area contributed by atoms with Gasteiger partial charge in [0.25, 0.3) is 0 Å². The van der Waals surface area contributed by atoms with E-state index in [9.17, 15) is 20.3 Å². The van der Waals surface area contributed by atoms with Crippen LogP contribution >= 0.6 is 0 Å². The Labute approximate surface area is 132 Å². The van der Waals surface area contributed by atoms with Crippen molar-refractivity contribution in [3.63, 3.8) is 0 Å². The maximum atomic E-state index is 11.4. The molecule has 2 aromatic rings. The number of phenols is 2. The minimum Gasteiger partial charge on any atom is -0.504 e. The summed E-state index contributed by atoms with van der Waals surface area (Å²) < 4.78 is 0. The Hall–Kier alpha value is -2.60. The first-order chi connectivity index (χ1) is 11.1. The van der Waals surface area contributed by atoms with E-state index in [1.807, 2.05) is 24.3 Å². The number of benzene rings is 2. The van der Waals surface area contributed by atoms with Gasteiger partial charge in [0, 0.05) is 24.1 Å². The van der Waals surface area contributed by atoms with Crippen molar-refractivity contribution in [2.45, 2.75) is 31.3 Å². The maximum absolute atomic E-state index is 11.4. The molecule has 0 aromatic heterocycles. The summed E-state index contributed by atoms with van der Waals surface area (Å²) in [4.78, 5) is 10.8. The van der Waals surface area contributed by atoms with Crippen molar-refractivity contribution in [2.24, 2.45) is 0 Å². The van der Waals surface area contributed by atoms with Crippen LogP contribution in [0, 0.1) is 10.1 Å². The van der Waals surface area contributed by atoms with Crippen LogP contribution in [0.2, 0.25) is 0 Å². The molecule has 0 amide bonds. The molecule has 1 unspecified atom stereocenters. The second-order valence-corrected chi connectivity index (χ2v) is 6.12. The second-order valence-electron chi connectivity index (χ2n) is 6.12. The van der Waals surface area contributed by atoms with E-state index in [4.69, 9.17) is 0 Å². The van der Waals surface area contributed by atoms with Crippen LogP contribution in [0.25, 0.3) is 0 Å². The summed E-state index contributed by atoms with van der Waals surface area (Å²) in [6, 6.07) is 9.69. The van der Waals surface area contributed by atoms with Gasteiger partial charge >= 0.3 is 5.69 Å². The van der Waals surface area contributed by atoms with Crippen LogP contribution in [-0.4, -0.2) is 21.2 Å². The highest BCUT2D eigenvalue weighted by molar-refractivity contribution is 5.65. The fourth-order valence-corrected chi connectivity index (χ4v) is 3.97. The minimum absolute atomic E-state index is 0.0473. The molecule has 0 saturated heterocycles.